The van der Waals surface area contributed by atoms with Gasteiger partial charge in [0, 0.05) is 50.3 Å². The minimum absolute atomic E-state index is 0.399. The molecule has 1 aliphatic heterocycles. The van der Waals surface area contributed by atoms with E-state index in [9.17, 15) is 0 Å². The van der Waals surface area contributed by atoms with E-state index in [1.54, 1.807) is 0 Å². The van der Waals surface area contributed by atoms with Gasteiger partial charge in [0.25, 0.3) is 0 Å². The van der Waals surface area contributed by atoms with Gasteiger partial charge in [0.1, 0.15) is 0 Å². The maximum absolute atomic E-state index is 4.84. The first-order valence-corrected chi connectivity index (χ1v) is 10.7. The highest BCUT2D eigenvalue weighted by Crippen LogP contribution is 2.19. The first-order chi connectivity index (χ1) is 14.8. The van der Waals surface area contributed by atoms with E-state index in [-0.39, 0.29) is 0 Å². The van der Waals surface area contributed by atoms with E-state index in [4.69, 9.17) is 4.99 Å². The second-order valence-electron chi connectivity index (χ2n) is 7.66. The number of nitrogens with zero attached hydrogens (tertiary/aromatic N) is 4. The Labute approximate surface area is 178 Å². The third-order valence-electron chi connectivity index (χ3n) is 5.33. The zero-order valence-electron chi connectivity index (χ0n) is 17.5. The highest BCUT2D eigenvalue weighted by molar-refractivity contribution is 5.80. The maximum atomic E-state index is 4.84. The third kappa shape index (κ3) is 5.41. The van der Waals surface area contributed by atoms with Crippen molar-refractivity contribution in [1.29, 1.82) is 0 Å². The Balaban J connectivity index is 1.36. The molecule has 1 atom stereocenters. The number of imidazole rings is 1. The molecule has 2 heterocycles. The fraction of sp³-hybridized carbons (Fsp3) is 0.333. The molecule has 1 aromatic heterocycles. The van der Waals surface area contributed by atoms with Crippen LogP contribution in [0.25, 0.3) is 0 Å². The molecule has 6 nitrogen and oxygen atoms in total. The molecule has 0 spiro atoms. The highest BCUT2D eigenvalue weighted by Gasteiger charge is 2.23. The van der Waals surface area contributed by atoms with Crippen LogP contribution in [0.2, 0.25) is 0 Å². The van der Waals surface area contributed by atoms with Gasteiger partial charge in [-0.2, -0.15) is 0 Å². The largest absolute Gasteiger partial charge is 0.369 e. The Hall–Kier alpha value is -3.28. The lowest BCUT2D eigenvalue weighted by Crippen LogP contribution is -2.44. The summed E-state index contributed by atoms with van der Waals surface area (Å²) in [5.74, 6) is 0.887. The molecule has 30 heavy (non-hydrogen) atoms. The van der Waals surface area contributed by atoms with Crippen molar-refractivity contribution < 1.29 is 0 Å². The second-order valence-corrected chi connectivity index (χ2v) is 7.66. The molecule has 3 aromatic rings. The second kappa shape index (κ2) is 9.96. The summed E-state index contributed by atoms with van der Waals surface area (Å²) in [6.45, 7) is 6.50. The molecule has 156 valence electrons. The average molecular weight is 403 g/mol. The van der Waals surface area contributed by atoms with Gasteiger partial charge < -0.3 is 20.1 Å². The molecule has 1 aliphatic rings. The lowest BCUT2D eigenvalue weighted by Gasteiger charge is -2.20. The molecule has 0 radical (unpaired) electrons. The van der Waals surface area contributed by atoms with Gasteiger partial charge in [-0.1, -0.05) is 42.5 Å². The molecular formula is C24H30N6. The first-order valence-electron chi connectivity index (χ1n) is 10.7. The van der Waals surface area contributed by atoms with Gasteiger partial charge in [-0.05, 0) is 36.6 Å². The summed E-state index contributed by atoms with van der Waals surface area (Å²) in [4.78, 5) is 11.4. The van der Waals surface area contributed by atoms with E-state index in [2.05, 4.69) is 86.6 Å². The van der Waals surface area contributed by atoms with Crippen molar-refractivity contribution in [1.82, 2.24) is 20.2 Å². The van der Waals surface area contributed by atoms with Crippen molar-refractivity contribution >= 4 is 11.6 Å². The Bertz CT molecular complexity index is 935. The monoisotopic (exact) mass is 402 g/mol. The van der Waals surface area contributed by atoms with Crippen molar-refractivity contribution in [3.8, 4) is 0 Å². The Kier molecular flexibility index (Phi) is 6.65. The number of aliphatic imine (C=N–C) groups is 1. The molecule has 0 bridgehead atoms. The van der Waals surface area contributed by atoms with Crippen molar-refractivity contribution in [2.45, 2.75) is 32.5 Å². The van der Waals surface area contributed by atoms with Crippen LogP contribution < -0.4 is 15.5 Å². The maximum Gasteiger partial charge on any atom is 0.191 e. The van der Waals surface area contributed by atoms with Crippen LogP contribution in [0.15, 0.2) is 78.3 Å². The van der Waals surface area contributed by atoms with E-state index in [0.717, 1.165) is 38.6 Å². The molecule has 0 amide bonds. The molecule has 0 aliphatic carbocycles. The van der Waals surface area contributed by atoms with E-state index < -0.39 is 0 Å². The summed E-state index contributed by atoms with van der Waals surface area (Å²) in [6.07, 6.45) is 6.75. The summed E-state index contributed by atoms with van der Waals surface area (Å²) in [5.41, 5.74) is 3.76. The summed E-state index contributed by atoms with van der Waals surface area (Å²) in [7, 11) is 0. The zero-order chi connectivity index (χ0) is 20.6. The molecule has 1 fully saturated rings. The van der Waals surface area contributed by atoms with Gasteiger partial charge in [0.15, 0.2) is 5.96 Å². The molecule has 2 aromatic carbocycles. The third-order valence-corrected chi connectivity index (χ3v) is 5.33. The summed E-state index contributed by atoms with van der Waals surface area (Å²) in [5, 5.41) is 7.02. The SMILES string of the molecule is CCNC(=NCc1cccc(Cn2ccnc2)c1)NC1CCN(c2ccccc2)C1. The van der Waals surface area contributed by atoms with Gasteiger partial charge in [0.2, 0.25) is 0 Å². The number of para-hydroxylation sites is 1. The van der Waals surface area contributed by atoms with Crippen LogP contribution in [-0.2, 0) is 13.1 Å². The number of guanidine groups is 1. The summed E-state index contributed by atoms with van der Waals surface area (Å²) >= 11 is 0. The van der Waals surface area contributed by atoms with Crippen LogP contribution >= 0.6 is 0 Å². The minimum atomic E-state index is 0.399. The fourth-order valence-corrected chi connectivity index (χ4v) is 3.85. The predicted octanol–water partition coefficient (Wildman–Crippen LogP) is 3.27. The van der Waals surface area contributed by atoms with Crippen molar-refractivity contribution in [2.24, 2.45) is 4.99 Å². The van der Waals surface area contributed by atoms with Crippen molar-refractivity contribution in [2.75, 3.05) is 24.5 Å². The smallest absolute Gasteiger partial charge is 0.191 e. The topological polar surface area (TPSA) is 57.5 Å². The number of benzene rings is 2. The predicted molar refractivity (Wildman–Crippen MR) is 123 cm³/mol. The van der Waals surface area contributed by atoms with Crippen LogP contribution in [0.4, 0.5) is 5.69 Å². The quantitative estimate of drug-likeness (QED) is 0.470. The van der Waals surface area contributed by atoms with Gasteiger partial charge in [-0.25, -0.2) is 9.98 Å². The Morgan fingerprint density at radius 1 is 1.13 bits per heavy atom. The van der Waals surface area contributed by atoms with Gasteiger partial charge in [-0.15, -0.1) is 0 Å². The van der Waals surface area contributed by atoms with Crippen molar-refractivity contribution in [3.63, 3.8) is 0 Å². The van der Waals surface area contributed by atoms with Gasteiger partial charge >= 0.3 is 0 Å². The Morgan fingerprint density at radius 3 is 2.80 bits per heavy atom. The van der Waals surface area contributed by atoms with Crippen molar-refractivity contribution in [3.05, 3.63) is 84.4 Å². The lowest BCUT2D eigenvalue weighted by atomic mass is 10.1. The number of hydrogen-bond acceptors (Lipinski definition) is 3. The average Bonchev–Trinajstić information content (AvgIpc) is 3.45. The van der Waals surface area contributed by atoms with Crippen LogP contribution in [0.5, 0.6) is 0 Å². The number of nitrogens with one attached hydrogen (secondary N) is 2. The molecule has 4 rings (SSSR count). The standard InChI is InChI=1S/C24H30N6/c1-2-26-24(28-22-11-13-30(18-22)23-9-4-3-5-10-23)27-16-20-7-6-8-21(15-20)17-29-14-12-25-19-29/h3-10,12,14-15,19,22H,2,11,13,16-18H2,1H3,(H2,26,27,28). The van der Waals surface area contributed by atoms with E-state index >= 15 is 0 Å². The lowest BCUT2D eigenvalue weighted by molar-refractivity contribution is 0.649. The van der Waals surface area contributed by atoms with Crippen LogP contribution in [0.1, 0.15) is 24.5 Å². The number of hydrogen-bond donors (Lipinski definition) is 2. The molecule has 6 heteroatoms. The minimum Gasteiger partial charge on any atom is -0.369 e. The molecule has 1 unspecified atom stereocenters. The zero-order valence-corrected chi connectivity index (χ0v) is 17.5. The van der Waals surface area contributed by atoms with E-state index in [0.29, 0.717) is 12.6 Å². The van der Waals surface area contributed by atoms with Gasteiger partial charge in [0.05, 0.1) is 12.9 Å². The molecule has 0 saturated carbocycles. The summed E-state index contributed by atoms with van der Waals surface area (Å²) in [6, 6.07) is 19.6. The molecule has 2 N–H and O–H groups in total. The number of anilines is 1. The van der Waals surface area contributed by atoms with Gasteiger partial charge in [-0.3, -0.25) is 0 Å². The van der Waals surface area contributed by atoms with E-state index in [1.807, 2.05) is 18.7 Å². The molecule has 1 saturated heterocycles. The normalized spacial score (nSPS) is 16.6. The van der Waals surface area contributed by atoms with Crippen LogP contribution in [-0.4, -0.2) is 41.2 Å². The van der Waals surface area contributed by atoms with Crippen LogP contribution in [0, 0.1) is 0 Å². The first kappa shape index (κ1) is 20.0. The number of aromatic nitrogens is 2. The van der Waals surface area contributed by atoms with E-state index in [1.165, 1.54) is 16.8 Å². The number of rotatable bonds is 7. The fourth-order valence-electron chi connectivity index (χ4n) is 3.85. The summed E-state index contributed by atoms with van der Waals surface area (Å²) < 4.78 is 2.08. The Morgan fingerprint density at radius 2 is 2.00 bits per heavy atom. The molecular weight excluding hydrogens is 372 g/mol. The highest BCUT2D eigenvalue weighted by atomic mass is 15.2. The van der Waals surface area contributed by atoms with Crippen LogP contribution in [0.3, 0.4) is 0 Å².